The molecule has 36 heavy (non-hydrogen) atoms. The molecular weight excluding hydrogens is 468 g/mol. The lowest BCUT2D eigenvalue weighted by atomic mass is 9.85. The topological polar surface area (TPSA) is 127 Å². The lowest BCUT2D eigenvalue weighted by Gasteiger charge is -2.39. The fourth-order valence-electron chi connectivity index (χ4n) is 4.38. The number of aliphatic hydroxyl groups is 4. The van der Waals surface area contributed by atoms with Crippen LogP contribution in [-0.2, 0) is 17.6 Å². The number of benzene rings is 2. The second kappa shape index (κ2) is 12.6. The summed E-state index contributed by atoms with van der Waals surface area (Å²) in [6.45, 7) is 3.89. The highest BCUT2D eigenvalue weighted by atomic mass is 16.7. The molecule has 9 nitrogen and oxygen atoms in total. The van der Waals surface area contributed by atoms with Gasteiger partial charge in [-0.05, 0) is 60.1 Å². The van der Waals surface area contributed by atoms with E-state index in [9.17, 15) is 20.4 Å². The first-order chi connectivity index (χ1) is 17.2. The molecule has 1 heterocycles. The third-order valence-corrected chi connectivity index (χ3v) is 6.85. The molecule has 1 aliphatic rings. The molecule has 2 aromatic carbocycles. The molecule has 0 spiro atoms. The Balaban J connectivity index is 1.66. The van der Waals surface area contributed by atoms with Crippen LogP contribution in [0.25, 0.3) is 0 Å². The Bertz CT molecular complexity index is 980. The van der Waals surface area contributed by atoms with E-state index < -0.39 is 37.3 Å². The summed E-state index contributed by atoms with van der Waals surface area (Å²) in [6, 6.07) is 11.5. The van der Waals surface area contributed by atoms with Gasteiger partial charge in [-0.3, -0.25) is 0 Å². The molecule has 7 atom stereocenters. The molecule has 200 valence electrons. The van der Waals surface area contributed by atoms with E-state index in [0.717, 1.165) is 24.2 Å². The fraction of sp³-hybridized carbons (Fsp3) is 0.556. The molecule has 1 aliphatic heterocycles. The summed E-state index contributed by atoms with van der Waals surface area (Å²) in [6.07, 6.45) is -5.09. The Morgan fingerprint density at radius 2 is 1.22 bits per heavy atom. The van der Waals surface area contributed by atoms with E-state index in [2.05, 4.69) is 19.9 Å². The zero-order valence-corrected chi connectivity index (χ0v) is 21.5. The predicted molar refractivity (Wildman–Crippen MR) is 133 cm³/mol. The zero-order valence-electron chi connectivity index (χ0n) is 21.5. The second-order valence-electron chi connectivity index (χ2n) is 9.35. The first-order valence-corrected chi connectivity index (χ1v) is 12.1. The Hall–Kier alpha value is -2.56. The summed E-state index contributed by atoms with van der Waals surface area (Å²) in [5.74, 6) is 2.94. The minimum absolute atomic E-state index is 0.316. The van der Waals surface area contributed by atoms with Gasteiger partial charge in [-0.2, -0.15) is 0 Å². The van der Waals surface area contributed by atoms with E-state index in [1.54, 1.807) is 20.3 Å². The van der Waals surface area contributed by atoms with Crippen LogP contribution in [0.1, 0.15) is 25.0 Å². The van der Waals surface area contributed by atoms with Gasteiger partial charge in [-0.25, -0.2) is 0 Å². The van der Waals surface area contributed by atoms with Gasteiger partial charge in [0.2, 0.25) is 6.29 Å². The Morgan fingerprint density at radius 1 is 0.722 bits per heavy atom. The Labute approximate surface area is 212 Å². The summed E-state index contributed by atoms with van der Waals surface area (Å²) in [5.41, 5.74) is 2.23. The lowest BCUT2D eigenvalue weighted by Crippen LogP contribution is -2.60. The average Bonchev–Trinajstić information content (AvgIpc) is 2.89. The van der Waals surface area contributed by atoms with E-state index in [1.807, 2.05) is 24.3 Å². The third-order valence-electron chi connectivity index (χ3n) is 6.85. The largest absolute Gasteiger partial charge is 0.493 e. The van der Waals surface area contributed by atoms with Gasteiger partial charge in [0, 0.05) is 0 Å². The lowest BCUT2D eigenvalue weighted by molar-refractivity contribution is -0.277. The van der Waals surface area contributed by atoms with Crippen LogP contribution in [0.5, 0.6) is 23.0 Å². The van der Waals surface area contributed by atoms with Gasteiger partial charge in [0.1, 0.15) is 24.4 Å². The van der Waals surface area contributed by atoms with Crippen LogP contribution in [-0.4, -0.2) is 79.1 Å². The number of hydrogen-bond acceptors (Lipinski definition) is 9. The SMILES string of the molecule is COc1ccc(C[C@H](C)[C@H](C)Cc2ccc(OC3O[C@H](CO)[C@H](O)[C@H](O)[C@H]3O)c(OC)c2)cc1OC. The van der Waals surface area contributed by atoms with Crippen molar-refractivity contribution in [2.24, 2.45) is 11.8 Å². The molecule has 0 radical (unpaired) electrons. The van der Waals surface area contributed by atoms with Crippen molar-refractivity contribution in [3.63, 3.8) is 0 Å². The van der Waals surface area contributed by atoms with Gasteiger partial charge >= 0.3 is 0 Å². The van der Waals surface area contributed by atoms with Crippen LogP contribution in [0.3, 0.4) is 0 Å². The normalized spacial score (nSPS) is 25.6. The number of hydrogen-bond donors (Lipinski definition) is 4. The summed E-state index contributed by atoms with van der Waals surface area (Å²) in [4.78, 5) is 0. The highest BCUT2D eigenvalue weighted by molar-refractivity contribution is 5.44. The Morgan fingerprint density at radius 3 is 1.72 bits per heavy atom. The molecule has 1 unspecified atom stereocenters. The molecule has 2 aromatic rings. The third kappa shape index (κ3) is 6.41. The van der Waals surface area contributed by atoms with Crippen molar-refractivity contribution in [2.75, 3.05) is 27.9 Å². The van der Waals surface area contributed by atoms with Gasteiger partial charge in [0.25, 0.3) is 0 Å². The predicted octanol–water partition coefficient (Wildman–Crippen LogP) is 1.95. The first-order valence-electron chi connectivity index (χ1n) is 12.1. The molecular formula is C27H38O9. The first kappa shape index (κ1) is 28.0. The highest BCUT2D eigenvalue weighted by Crippen LogP contribution is 2.34. The standard InChI is InChI=1S/C27H38O9/c1-15(10-17-6-8-19(32-3)21(12-17)33-4)16(2)11-18-7-9-20(22(13-18)34-5)35-27-26(31)25(30)24(29)23(14-28)36-27/h6-9,12-13,15-16,23-31H,10-11,14H2,1-5H3/t15-,16+,23+,24-,25-,26+,27?/m0/s1. The summed E-state index contributed by atoms with van der Waals surface area (Å²) < 4.78 is 27.5. The van der Waals surface area contributed by atoms with E-state index in [4.69, 9.17) is 23.7 Å². The van der Waals surface area contributed by atoms with E-state index in [1.165, 1.54) is 12.7 Å². The fourth-order valence-corrected chi connectivity index (χ4v) is 4.38. The zero-order chi connectivity index (χ0) is 26.4. The number of ether oxygens (including phenoxy) is 5. The monoisotopic (exact) mass is 506 g/mol. The van der Waals surface area contributed by atoms with Gasteiger partial charge in [0.15, 0.2) is 23.0 Å². The molecule has 3 rings (SSSR count). The second-order valence-corrected chi connectivity index (χ2v) is 9.35. The van der Waals surface area contributed by atoms with Crippen molar-refractivity contribution in [3.8, 4) is 23.0 Å². The van der Waals surface area contributed by atoms with Crippen molar-refractivity contribution in [1.29, 1.82) is 0 Å². The summed E-state index contributed by atoms with van der Waals surface area (Å²) in [5, 5.41) is 39.6. The number of aliphatic hydroxyl groups excluding tert-OH is 4. The van der Waals surface area contributed by atoms with Crippen molar-refractivity contribution < 1.29 is 44.1 Å². The van der Waals surface area contributed by atoms with Gasteiger partial charge in [-0.1, -0.05) is 26.0 Å². The van der Waals surface area contributed by atoms with Crippen LogP contribution < -0.4 is 18.9 Å². The molecule has 0 saturated carbocycles. The molecule has 0 bridgehead atoms. The molecule has 0 aromatic heterocycles. The number of rotatable bonds is 11. The minimum atomic E-state index is -1.51. The maximum atomic E-state index is 10.3. The van der Waals surface area contributed by atoms with E-state index >= 15 is 0 Å². The Kier molecular flexibility index (Phi) is 9.81. The van der Waals surface area contributed by atoms with Crippen molar-refractivity contribution in [1.82, 2.24) is 0 Å². The van der Waals surface area contributed by atoms with E-state index in [-0.39, 0.29) is 0 Å². The summed E-state index contributed by atoms with van der Waals surface area (Å²) >= 11 is 0. The van der Waals surface area contributed by atoms with Crippen molar-refractivity contribution >= 4 is 0 Å². The van der Waals surface area contributed by atoms with Crippen LogP contribution in [0.2, 0.25) is 0 Å². The van der Waals surface area contributed by atoms with Crippen molar-refractivity contribution in [3.05, 3.63) is 47.5 Å². The van der Waals surface area contributed by atoms with Crippen LogP contribution in [0.4, 0.5) is 0 Å². The molecule has 1 fully saturated rings. The maximum Gasteiger partial charge on any atom is 0.229 e. The van der Waals surface area contributed by atoms with Crippen LogP contribution in [0.15, 0.2) is 36.4 Å². The van der Waals surface area contributed by atoms with E-state index in [0.29, 0.717) is 29.1 Å². The summed E-state index contributed by atoms with van der Waals surface area (Å²) in [7, 11) is 4.77. The maximum absolute atomic E-state index is 10.3. The van der Waals surface area contributed by atoms with Gasteiger partial charge in [-0.15, -0.1) is 0 Å². The van der Waals surface area contributed by atoms with Crippen molar-refractivity contribution in [2.45, 2.75) is 57.4 Å². The molecule has 1 saturated heterocycles. The average molecular weight is 507 g/mol. The van der Waals surface area contributed by atoms with Gasteiger partial charge < -0.3 is 44.1 Å². The smallest absolute Gasteiger partial charge is 0.229 e. The minimum Gasteiger partial charge on any atom is -0.493 e. The number of methoxy groups -OCH3 is 3. The molecule has 4 N–H and O–H groups in total. The van der Waals surface area contributed by atoms with Gasteiger partial charge in [0.05, 0.1) is 27.9 Å². The molecule has 9 heteroatoms. The van der Waals surface area contributed by atoms with Crippen LogP contribution >= 0.6 is 0 Å². The molecule has 0 aliphatic carbocycles. The quantitative estimate of drug-likeness (QED) is 0.362. The highest BCUT2D eigenvalue weighted by Gasteiger charge is 2.45. The molecule has 0 amide bonds. The van der Waals surface area contributed by atoms with Crippen LogP contribution in [0, 0.1) is 11.8 Å².